The Balaban J connectivity index is 3.19. The van der Waals surface area contributed by atoms with Gasteiger partial charge in [0.15, 0.2) is 0 Å². The lowest BCUT2D eigenvalue weighted by molar-refractivity contribution is 0.150. The van der Waals surface area contributed by atoms with Crippen LogP contribution in [-0.2, 0) is 6.42 Å². The maximum absolute atomic E-state index is 12.3. The molecule has 1 aromatic rings. The lowest BCUT2D eigenvalue weighted by atomic mass is 10.1. The summed E-state index contributed by atoms with van der Waals surface area (Å²) >= 11 is 5.61. The van der Waals surface area contributed by atoms with E-state index in [1.165, 1.54) is 6.20 Å². The molecule has 0 aromatic carbocycles. The van der Waals surface area contributed by atoms with Gasteiger partial charge in [-0.25, -0.2) is 8.78 Å². The van der Waals surface area contributed by atoms with E-state index in [-0.39, 0.29) is 22.6 Å². The number of hydrogen-bond donors (Lipinski definition) is 0. The second-order valence-corrected chi connectivity index (χ2v) is 2.73. The molecule has 0 saturated carbocycles. The highest BCUT2D eigenvalue weighted by molar-refractivity contribution is 6.31. The highest BCUT2D eigenvalue weighted by Crippen LogP contribution is 2.27. The van der Waals surface area contributed by atoms with Crippen molar-refractivity contribution < 1.29 is 8.78 Å². The van der Waals surface area contributed by atoms with Gasteiger partial charge in [-0.1, -0.05) is 11.6 Å². The highest BCUT2D eigenvalue weighted by atomic mass is 35.5. The molecule has 1 heterocycles. The Labute approximate surface area is 78.8 Å². The van der Waals surface area contributed by atoms with Crippen molar-refractivity contribution in [3.05, 3.63) is 28.5 Å². The largest absolute Gasteiger partial charge is 0.265 e. The average molecular weight is 203 g/mol. The van der Waals surface area contributed by atoms with Gasteiger partial charge in [0.2, 0.25) is 0 Å². The van der Waals surface area contributed by atoms with Crippen molar-refractivity contribution >= 4 is 11.6 Å². The van der Waals surface area contributed by atoms with E-state index in [0.29, 0.717) is 0 Å². The number of rotatable bonds is 2. The van der Waals surface area contributed by atoms with E-state index in [1.54, 1.807) is 6.07 Å². The van der Waals surface area contributed by atoms with Crippen LogP contribution in [0.1, 0.15) is 17.6 Å². The van der Waals surface area contributed by atoms with Gasteiger partial charge in [-0.05, 0) is 5.56 Å². The number of nitrogens with zero attached hydrogens (tertiary/aromatic N) is 2. The van der Waals surface area contributed by atoms with Gasteiger partial charge < -0.3 is 0 Å². The normalized spacial score (nSPS) is 10.1. The van der Waals surface area contributed by atoms with E-state index in [1.807, 2.05) is 0 Å². The van der Waals surface area contributed by atoms with E-state index in [9.17, 15) is 8.78 Å². The fourth-order valence-electron chi connectivity index (χ4n) is 0.930. The Hall–Kier alpha value is -1.21. The lowest BCUT2D eigenvalue weighted by Crippen LogP contribution is -1.96. The van der Waals surface area contributed by atoms with Crippen LogP contribution in [-0.4, -0.2) is 4.98 Å². The fourth-order valence-corrected chi connectivity index (χ4v) is 1.16. The van der Waals surface area contributed by atoms with Crippen LogP contribution in [0.25, 0.3) is 0 Å². The van der Waals surface area contributed by atoms with Crippen LogP contribution >= 0.6 is 11.6 Å². The van der Waals surface area contributed by atoms with Crippen molar-refractivity contribution in [2.24, 2.45) is 0 Å². The number of hydrogen-bond acceptors (Lipinski definition) is 2. The Morgan fingerprint density at radius 3 is 2.77 bits per heavy atom. The predicted molar refractivity (Wildman–Crippen MR) is 43.5 cm³/mol. The first kappa shape index (κ1) is 9.87. The number of pyridine rings is 1. The molecular formula is C8H5ClF2N2. The monoisotopic (exact) mass is 202 g/mol. The Kier molecular flexibility index (Phi) is 3.15. The van der Waals surface area contributed by atoms with E-state index >= 15 is 0 Å². The summed E-state index contributed by atoms with van der Waals surface area (Å²) in [5.41, 5.74) is -0.108. The molecule has 0 unspecified atom stereocenters. The maximum Gasteiger partial charge on any atom is 0.265 e. The van der Waals surface area contributed by atoms with Crippen LogP contribution < -0.4 is 0 Å². The van der Waals surface area contributed by atoms with Crippen molar-refractivity contribution in [2.45, 2.75) is 12.8 Å². The van der Waals surface area contributed by atoms with E-state index in [2.05, 4.69) is 4.98 Å². The summed E-state index contributed by atoms with van der Waals surface area (Å²) < 4.78 is 24.6. The molecule has 0 radical (unpaired) electrons. The molecule has 0 amide bonds. The zero-order valence-electron chi connectivity index (χ0n) is 6.47. The first-order valence-corrected chi connectivity index (χ1v) is 3.82. The minimum absolute atomic E-state index is 0.111. The Morgan fingerprint density at radius 1 is 1.54 bits per heavy atom. The summed E-state index contributed by atoms with van der Waals surface area (Å²) in [4.78, 5) is 3.53. The van der Waals surface area contributed by atoms with E-state index < -0.39 is 6.43 Å². The van der Waals surface area contributed by atoms with Crippen LogP contribution in [0.3, 0.4) is 0 Å². The SMILES string of the molecule is N#CCc1c(Cl)cncc1C(F)F. The standard InChI is InChI=1S/C8H5ClF2N2/c9-7-4-13-3-6(8(10)11)5(7)1-2-12/h3-4,8H,1H2. The molecule has 68 valence electrons. The van der Waals surface area contributed by atoms with Crippen molar-refractivity contribution in [2.75, 3.05) is 0 Å². The predicted octanol–water partition coefficient (Wildman–Crippen LogP) is 2.74. The van der Waals surface area contributed by atoms with Crippen LogP contribution in [0, 0.1) is 11.3 Å². The summed E-state index contributed by atoms with van der Waals surface area (Å²) in [5.74, 6) is 0. The van der Waals surface area contributed by atoms with E-state index in [4.69, 9.17) is 16.9 Å². The fraction of sp³-hybridized carbons (Fsp3) is 0.250. The maximum atomic E-state index is 12.3. The van der Waals surface area contributed by atoms with Gasteiger partial charge in [-0.2, -0.15) is 5.26 Å². The average Bonchev–Trinajstić information content (AvgIpc) is 2.08. The van der Waals surface area contributed by atoms with E-state index in [0.717, 1.165) is 6.20 Å². The van der Waals surface area contributed by atoms with Gasteiger partial charge in [0.05, 0.1) is 17.5 Å². The molecule has 0 aliphatic heterocycles. The smallest absolute Gasteiger partial charge is 0.263 e. The van der Waals surface area contributed by atoms with Crippen molar-refractivity contribution in [3.63, 3.8) is 0 Å². The molecular weight excluding hydrogens is 198 g/mol. The summed E-state index contributed by atoms with van der Waals surface area (Å²) in [5, 5.41) is 8.49. The summed E-state index contributed by atoms with van der Waals surface area (Å²) in [6, 6.07) is 1.77. The summed E-state index contributed by atoms with van der Waals surface area (Å²) in [7, 11) is 0. The molecule has 0 N–H and O–H groups in total. The minimum Gasteiger partial charge on any atom is -0.263 e. The van der Waals surface area contributed by atoms with Crippen molar-refractivity contribution in [1.82, 2.24) is 4.98 Å². The van der Waals surface area contributed by atoms with Gasteiger partial charge in [0.1, 0.15) is 0 Å². The summed E-state index contributed by atoms with van der Waals surface area (Å²) in [6.45, 7) is 0. The molecule has 13 heavy (non-hydrogen) atoms. The number of alkyl halides is 2. The molecule has 1 aromatic heterocycles. The molecule has 0 saturated heterocycles. The zero-order valence-corrected chi connectivity index (χ0v) is 7.22. The van der Waals surface area contributed by atoms with Crippen molar-refractivity contribution in [1.29, 1.82) is 5.26 Å². The zero-order chi connectivity index (χ0) is 9.84. The number of halogens is 3. The highest BCUT2D eigenvalue weighted by Gasteiger charge is 2.15. The Bertz CT molecular complexity index is 346. The van der Waals surface area contributed by atoms with Crippen LogP contribution in [0.2, 0.25) is 5.02 Å². The van der Waals surface area contributed by atoms with Crippen molar-refractivity contribution in [3.8, 4) is 6.07 Å². The quantitative estimate of drug-likeness (QED) is 0.740. The van der Waals surface area contributed by atoms with Gasteiger partial charge in [0, 0.05) is 18.0 Å². The molecule has 2 nitrogen and oxygen atoms in total. The molecule has 0 bridgehead atoms. The summed E-state index contributed by atoms with van der Waals surface area (Å²) in [6.07, 6.45) is -0.487. The van der Waals surface area contributed by atoms with Gasteiger partial charge in [-0.3, -0.25) is 4.98 Å². The first-order valence-electron chi connectivity index (χ1n) is 3.44. The number of nitriles is 1. The second kappa shape index (κ2) is 4.15. The third kappa shape index (κ3) is 2.13. The molecule has 0 atom stereocenters. The molecule has 1 rings (SSSR count). The minimum atomic E-state index is -2.64. The number of aromatic nitrogens is 1. The lowest BCUT2D eigenvalue weighted by Gasteiger charge is -2.05. The molecule has 0 aliphatic rings. The third-order valence-electron chi connectivity index (χ3n) is 1.53. The van der Waals surface area contributed by atoms with Gasteiger partial charge >= 0.3 is 0 Å². The second-order valence-electron chi connectivity index (χ2n) is 2.32. The van der Waals surface area contributed by atoms with Crippen LogP contribution in [0.5, 0.6) is 0 Å². The molecule has 0 spiro atoms. The molecule has 0 fully saturated rings. The molecule has 0 aliphatic carbocycles. The molecule has 5 heteroatoms. The van der Waals surface area contributed by atoms with Gasteiger partial charge in [0.25, 0.3) is 6.43 Å². The topological polar surface area (TPSA) is 36.7 Å². The van der Waals surface area contributed by atoms with Crippen LogP contribution in [0.15, 0.2) is 12.4 Å². The van der Waals surface area contributed by atoms with Gasteiger partial charge in [-0.15, -0.1) is 0 Å². The third-order valence-corrected chi connectivity index (χ3v) is 1.85. The Morgan fingerprint density at radius 2 is 2.23 bits per heavy atom. The van der Waals surface area contributed by atoms with Crippen LogP contribution in [0.4, 0.5) is 8.78 Å². The first-order chi connectivity index (χ1) is 6.16.